The number of hydrogen-bond donors (Lipinski definition) is 4. The Morgan fingerprint density at radius 1 is 1.12 bits per heavy atom. The second-order valence-corrected chi connectivity index (χ2v) is 5.78. The summed E-state index contributed by atoms with van der Waals surface area (Å²) < 4.78 is 0. The first-order valence-corrected chi connectivity index (χ1v) is 7.75. The normalized spacial score (nSPS) is 13.1. The number of para-hydroxylation sites is 1. The van der Waals surface area contributed by atoms with Crippen LogP contribution in [0.25, 0.3) is 0 Å². The van der Waals surface area contributed by atoms with Crippen molar-refractivity contribution in [3.8, 4) is 0 Å². The molecule has 24 heavy (non-hydrogen) atoms. The minimum atomic E-state index is -1.04. The maximum atomic E-state index is 11.4. The largest absolute Gasteiger partial charge is 0.480 e. The number of nitrogens with one attached hydrogen (secondary N) is 2. The molecule has 2 aromatic rings. The quantitative estimate of drug-likeness (QED) is 0.435. The zero-order valence-corrected chi connectivity index (χ0v) is 13.7. The van der Waals surface area contributed by atoms with Gasteiger partial charge in [0.25, 0.3) is 0 Å². The summed E-state index contributed by atoms with van der Waals surface area (Å²) in [5.74, 6) is -1.04. The van der Waals surface area contributed by atoms with Crippen LogP contribution >= 0.6 is 11.6 Å². The molecule has 6 heteroatoms. The summed E-state index contributed by atoms with van der Waals surface area (Å²) in [5.41, 5.74) is 7.34. The van der Waals surface area contributed by atoms with E-state index in [-0.39, 0.29) is 6.42 Å². The van der Waals surface area contributed by atoms with Crippen LogP contribution in [0.15, 0.2) is 66.7 Å². The lowest BCUT2D eigenvalue weighted by molar-refractivity contribution is -0.139. The Kier molecular flexibility index (Phi) is 6.37. The van der Waals surface area contributed by atoms with Crippen molar-refractivity contribution < 1.29 is 15.0 Å². The molecule has 5 nitrogen and oxygen atoms in total. The number of carboxylic acids is 1. The zero-order chi connectivity index (χ0) is 17.5. The van der Waals surface area contributed by atoms with Crippen LogP contribution in [-0.4, -0.2) is 22.2 Å². The van der Waals surface area contributed by atoms with Crippen LogP contribution in [0.5, 0.6) is 0 Å². The number of hydrogen-bond acceptors (Lipinski definition) is 4. The highest BCUT2D eigenvalue weighted by Crippen LogP contribution is 2.25. The molecule has 0 spiro atoms. The summed E-state index contributed by atoms with van der Waals surface area (Å²) in [5, 5.41) is 20.2. The van der Waals surface area contributed by atoms with Crippen LogP contribution in [0.3, 0.4) is 0 Å². The van der Waals surface area contributed by atoms with Gasteiger partial charge < -0.3 is 15.6 Å². The van der Waals surface area contributed by atoms with E-state index in [9.17, 15) is 15.0 Å². The zero-order valence-electron chi connectivity index (χ0n) is 12.9. The highest BCUT2D eigenvalue weighted by atomic mass is 35.5. The number of aliphatic hydroxyl groups excluding tert-OH is 1. The van der Waals surface area contributed by atoms with E-state index in [1.165, 1.54) is 0 Å². The van der Waals surface area contributed by atoms with Gasteiger partial charge in [-0.2, -0.15) is 0 Å². The molecule has 2 aromatic carbocycles. The first-order chi connectivity index (χ1) is 11.5. The number of hydrazine groups is 1. The molecule has 0 saturated heterocycles. The molecule has 2 atom stereocenters. The molecule has 0 saturated carbocycles. The van der Waals surface area contributed by atoms with Crippen LogP contribution < -0.4 is 10.9 Å². The Bertz CT molecular complexity index is 689. The third kappa shape index (κ3) is 5.09. The molecule has 0 heterocycles. The van der Waals surface area contributed by atoms with Gasteiger partial charge in [0.05, 0.1) is 6.10 Å². The summed E-state index contributed by atoms with van der Waals surface area (Å²) in [7, 11) is 0. The lowest BCUT2D eigenvalue weighted by atomic mass is 9.97. The number of halogens is 1. The summed E-state index contributed by atoms with van der Waals surface area (Å²) in [4.78, 5) is 11.4. The van der Waals surface area contributed by atoms with E-state index in [0.29, 0.717) is 16.2 Å². The highest BCUT2D eigenvalue weighted by Gasteiger charge is 2.22. The number of carbonyl (C=O) groups is 1. The Balaban J connectivity index is 1.97. The number of rotatable bonds is 8. The third-order valence-corrected chi connectivity index (χ3v) is 3.75. The van der Waals surface area contributed by atoms with Gasteiger partial charge in [0, 0.05) is 10.7 Å². The highest BCUT2D eigenvalue weighted by molar-refractivity contribution is 6.30. The third-order valence-electron chi connectivity index (χ3n) is 3.50. The molecule has 0 fully saturated rings. The molecule has 2 unspecified atom stereocenters. The topological polar surface area (TPSA) is 81.6 Å². The monoisotopic (exact) mass is 346 g/mol. The van der Waals surface area contributed by atoms with Crippen LogP contribution in [0, 0.1) is 0 Å². The Labute approximate surface area is 145 Å². The van der Waals surface area contributed by atoms with Crippen LogP contribution in [0.2, 0.25) is 5.02 Å². The van der Waals surface area contributed by atoms with Crippen molar-refractivity contribution in [1.82, 2.24) is 5.43 Å². The molecule has 0 aromatic heterocycles. The van der Waals surface area contributed by atoms with Crippen molar-refractivity contribution in [2.75, 3.05) is 5.43 Å². The minimum absolute atomic E-state index is 0.0684. The molecule has 2 rings (SSSR count). The Morgan fingerprint density at radius 3 is 2.33 bits per heavy atom. The van der Waals surface area contributed by atoms with Gasteiger partial charge in [-0.1, -0.05) is 48.5 Å². The van der Waals surface area contributed by atoms with Gasteiger partial charge in [-0.05, 0) is 41.8 Å². The van der Waals surface area contributed by atoms with Gasteiger partial charge in [-0.25, -0.2) is 5.43 Å². The summed E-state index contributed by atoms with van der Waals surface area (Å²) in [6.45, 7) is 3.82. The molecule has 0 bridgehead atoms. The molecular formula is C18H19ClN2O3. The summed E-state index contributed by atoms with van der Waals surface area (Å²) in [6, 6.07) is 14.9. The van der Waals surface area contributed by atoms with E-state index in [2.05, 4.69) is 17.4 Å². The Morgan fingerprint density at radius 2 is 1.75 bits per heavy atom. The number of aliphatic carboxylic acids is 1. The van der Waals surface area contributed by atoms with Crippen molar-refractivity contribution in [3.63, 3.8) is 0 Å². The minimum Gasteiger partial charge on any atom is -0.480 e. The maximum Gasteiger partial charge on any atom is 0.322 e. The van der Waals surface area contributed by atoms with Crippen LogP contribution in [0.4, 0.5) is 5.69 Å². The van der Waals surface area contributed by atoms with E-state index in [1.807, 2.05) is 30.3 Å². The van der Waals surface area contributed by atoms with E-state index in [0.717, 1.165) is 5.69 Å². The molecule has 0 aliphatic rings. The smallest absolute Gasteiger partial charge is 0.322 e. The lowest BCUT2D eigenvalue weighted by Crippen LogP contribution is -2.40. The number of benzene rings is 2. The molecule has 0 aliphatic carbocycles. The molecule has 4 N–H and O–H groups in total. The van der Waals surface area contributed by atoms with Gasteiger partial charge in [0.2, 0.25) is 0 Å². The summed E-state index contributed by atoms with van der Waals surface area (Å²) >= 11 is 5.82. The van der Waals surface area contributed by atoms with Crippen molar-refractivity contribution in [2.45, 2.75) is 18.6 Å². The van der Waals surface area contributed by atoms with Gasteiger partial charge >= 0.3 is 5.97 Å². The molecule has 0 radical (unpaired) electrons. The van der Waals surface area contributed by atoms with Gasteiger partial charge in [-0.15, -0.1) is 0 Å². The molecule has 0 amide bonds. The van der Waals surface area contributed by atoms with E-state index in [1.54, 1.807) is 24.3 Å². The van der Waals surface area contributed by atoms with Crippen molar-refractivity contribution in [3.05, 3.63) is 77.3 Å². The molecular weight excluding hydrogens is 328 g/mol. The standard InChI is InChI=1S/C18H19ClN2O3/c1-12(17(22)13-7-9-14(19)10-8-13)11-16(18(23)24)21-20-15-5-3-2-4-6-15/h2-10,16-17,20-22H,1,11H2,(H,23,24). The predicted octanol–water partition coefficient (Wildman–Crippen LogP) is 3.39. The number of carboxylic acid groups (broad SMARTS) is 1. The predicted molar refractivity (Wildman–Crippen MR) is 94.8 cm³/mol. The fourth-order valence-corrected chi connectivity index (χ4v) is 2.27. The fraction of sp³-hybridized carbons (Fsp3) is 0.167. The molecule has 0 aliphatic heterocycles. The van der Waals surface area contributed by atoms with Crippen LogP contribution in [-0.2, 0) is 4.79 Å². The molecule has 126 valence electrons. The van der Waals surface area contributed by atoms with E-state index < -0.39 is 18.1 Å². The van der Waals surface area contributed by atoms with E-state index in [4.69, 9.17) is 11.6 Å². The Hall–Kier alpha value is -2.34. The second-order valence-electron chi connectivity index (χ2n) is 5.34. The van der Waals surface area contributed by atoms with Crippen LogP contribution in [0.1, 0.15) is 18.1 Å². The van der Waals surface area contributed by atoms with Gasteiger partial charge in [-0.3, -0.25) is 4.79 Å². The van der Waals surface area contributed by atoms with Gasteiger partial charge in [0.15, 0.2) is 0 Å². The van der Waals surface area contributed by atoms with Crippen molar-refractivity contribution in [1.29, 1.82) is 0 Å². The number of anilines is 1. The first kappa shape index (κ1) is 18.0. The fourth-order valence-electron chi connectivity index (χ4n) is 2.15. The summed E-state index contributed by atoms with van der Waals surface area (Å²) in [6.07, 6.45) is -0.887. The first-order valence-electron chi connectivity index (χ1n) is 7.38. The average molecular weight is 347 g/mol. The second kappa shape index (κ2) is 8.49. The van der Waals surface area contributed by atoms with E-state index >= 15 is 0 Å². The maximum absolute atomic E-state index is 11.4. The van der Waals surface area contributed by atoms with Crippen molar-refractivity contribution >= 4 is 23.3 Å². The number of aliphatic hydroxyl groups is 1. The SMILES string of the molecule is C=C(CC(NNc1ccccc1)C(=O)O)C(O)c1ccc(Cl)cc1. The van der Waals surface area contributed by atoms with Crippen molar-refractivity contribution in [2.24, 2.45) is 0 Å². The lowest BCUT2D eigenvalue weighted by Gasteiger charge is -2.20. The van der Waals surface area contributed by atoms with Gasteiger partial charge in [0.1, 0.15) is 6.04 Å². The average Bonchev–Trinajstić information content (AvgIpc) is 2.59.